The Hall–Kier alpha value is -2.70. The van der Waals surface area contributed by atoms with E-state index in [0.717, 1.165) is 29.0 Å². The molecule has 3 atom stereocenters. The molecule has 27 heavy (non-hydrogen) atoms. The number of aliphatic imine (C=N–C) groups is 1. The number of Topliss-reactive ketones (excluding diaryl/α,β-unsaturated/α-hetero) is 1. The van der Waals surface area contributed by atoms with E-state index in [-0.39, 0.29) is 17.6 Å². The third kappa shape index (κ3) is 3.22. The number of benzene rings is 2. The summed E-state index contributed by atoms with van der Waals surface area (Å²) >= 11 is 6.03. The van der Waals surface area contributed by atoms with Gasteiger partial charge in [0.05, 0.1) is 12.0 Å². The highest BCUT2D eigenvalue weighted by atomic mass is 35.5. The van der Waals surface area contributed by atoms with Gasteiger partial charge in [0.15, 0.2) is 5.78 Å². The Balaban J connectivity index is 1.79. The van der Waals surface area contributed by atoms with E-state index in [1.165, 1.54) is 0 Å². The molecule has 0 saturated heterocycles. The average Bonchev–Trinajstić information content (AvgIpc) is 2.68. The second kappa shape index (κ2) is 7.13. The van der Waals surface area contributed by atoms with Gasteiger partial charge in [0.1, 0.15) is 0 Å². The minimum Gasteiger partial charge on any atom is -0.294 e. The first kappa shape index (κ1) is 17.7. The van der Waals surface area contributed by atoms with Crippen molar-refractivity contribution in [3.05, 3.63) is 82.0 Å². The van der Waals surface area contributed by atoms with Crippen LogP contribution < -0.4 is 0 Å². The predicted octanol–water partition coefficient (Wildman–Crippen LogP) is 5.44. The van der Waals surface area contributed by atoms with Crippen LogP contribution in [0.15, 0.2) is 70.9 Å². The number of allylic oxidation sites excluding steroid dienone is 2. The Labute approximate surface area is 164 Å². The number of hydrogen-bond donors (Lipinski definition) is 0. The monoisotopic (exact) mass is 374 g/mol. The normalized spacial score (nSPS) is 24.9. The van der Waals surface area contributed by atoms with Gasteiger partial charge in [0.2, 0.25) is 0 Å². The molecule has 0 spiro atoms. The molecule has 0 saturated carbocycles. The molecule has 1 aliphatic carbocycles. The first-order chi connectivity index (χ1) is 13.1. The standard InChI is InChI=1S/C23H19ClN2O/c1-14-19(13-25)22(16-7-9-18(24)10-8-16)23-20(26-14)11-17(12-21(23)27)15-5-3-2-4-6-15/h2-10,17,19,22H,11-12H2,1H3/t17-,19?,22+/m0/s1. The minimum absolute atomic E-state index is 0.0987. The van der Waals surface area contributed by atoms with Crippen LogP contribution in [0.1, 0.15) is 42.7 Å². The molecule has 0 aromatic heterocycles. The van der Waals surface area contributed by atoms with Gasteiger partial charge in [0.25, 0.3) is 0 Å². The van der Waals surface area contributed by atoms with Crippen LogP contribution in [-0.4, -0.2) is 11.5 Å². The van der Waals surface area contributed by atoms with Gasteiger partial charge in [-0.3, -0.25) is 9.79 Å². The molecule has 134 valence electrons. The van der Waals surface area contributed by atoms with Gasteiger partial charge in [-0.05, 0) is 42.5 Å². The highest BCUT2D eigenvalue weighted by Crippen LogP contribution is 2.46. The fourth-order valence-corrected chi connectivity index (χ4v) is 4.34. The third-order valence-corrected chi connectivity index (χ3v) is 5.78. The van der Waals surface area contributed by atoms with Crippen molar-refractivity contribution in [3.8, 4) is 6.07 Å². The summed E-state index contributed by atoms with van der Waals surface area (Å²) < 4.78 is 0. The molecule has 1 aliphatic heterocycles. The second-order valence-electron chi connectivity index (χ2n) is 7.19. The molecule has 4 heteroatoms. The predicted molar refractivity (Wildman–Crippen MR) is 107 cm³/mol. The Morgan fingerprint density at radius 1 is 1.04 bits per heavy atom. The van der Waals surface area contributed by atoms with E-state index in [2.05, 4.69) is 18.2 Å². The fourth-order valence-electron chi connectivity index (χ4n) is 4.22. The van der Waals surface area contributed by atoms with E-state index in [0.29, 0.717) is 17.0 Å². The molecule has 0 fully saturated rings. The van der Waals surface area contributed by atoms with Gasteiger partial charge in [-0.15, -0.1) is 0 Å². The Kier molecular flexibility index (Phi) is 4.68. The molecule has 2 aromatic carbocycles. The number of carbonyl (C=O) groups is 1. The van der Waals surface area contributed by atoms with Gasteiger partial charge in [-0.25, -0.2) is 0 Å². The maximum atomic E-state index is 13.2. The van der Waals surface area contributed by atoms with Crippen LogP contribution >= 0.6 is 11.6 Å². The van der Waals surface area contributed by atoms with Crippen LogP contribution in [0.5, 0.6) is 0 Å². The Morgan fingerprint density at radius 3 is 2.41 bits per heavy atom. The lowest BCUT2D eigenvalue weighted by Gasteiger charge is -2.35. The van der Waals surface area contributed by atoms with E-state index in [4.69, 9.17) is 16.6 Å². The first-order valence-electron chi connectivity index (χ1n) is 9.10. The van der Waals surface area contributed by atoms with Crippen LogP contribution in [0.2, 0.25) is 5.02 Å². The Bertz CT molecular complexity index is 983. The molecule has 4 rings (SSSR count). The summed E-state index contributed by atoms with van der Waals surface area (Å²) in [5.74, 6) is -0.466. The van der Waals surface area contributed by atoms with Gasteiger partial charge in [-0.1, -0.05) is 54.1 Å². The van der Waals surface area contributed by atoms with E-state index < -0.39 is 5.92 Å². The van der Waals surface area contributed by atoms with Crippen molar-refractivity contribution in [2.75, 3.05) is 0 Å². The largest absolute Gasteiger partial charge is 0.294 e. The lowest BCUT2D eigenvalue weighted by molar-refractivity contribution is -0.116. The van der Waals surface area contributed by atoms with Crippen molar-refractivity contribution in [2.45, 2.75) is 31.6 Å². The molecule has 0 radical (unpaired) electrons. The zero-order chi connectivity index (χ0) is 19.0. The van der Waals surface area contributed by atoms with E-state index in [1.807, 2.05) is 49.4 Å². The molecule has 0 N–H and O–H groups in total. The SMILES string of the molecule is CC1=NC2=C(C(=O)C[C@@H](c3ccccc3)C2)[C@H](c2ccc(Cl)cc2)C1C#N. The third-order valence-electron chi connectivity index (χ3n) is 5.53. The quantitative estimate of drug-likeness (QED) is 0.702. The molecular weight excluding hydrogens is 356 g/mol. The van der Waals surface area contributed by atoms with Crippen molar-refractivity contribution in [2.24, 2.45) is 10.9 Å². The van der Waals surface area contributed by atoms with Crippen molar-refractivity contribution in [1.82, 2.24) is 0 Å². The van der Waals surface area contributed by atoms with Crippen LogP contribution in [-0.2, 0) is 4.79 Å². The number of rotatable bonds is 2. The summed E-state index contributed by atoms with van der Waals surface area (Å²) in [7, 11) is 0. The second-order valence-corrected chi connectivity index (χ2v) is 7.63. The molecule has 1 unspecified atom stereocenters. The molecule has 1 heterocycles. The van der Waals surface area contributed by atoms with Crippen molar-refractivity contribution in [1.29, 1.82) is 5.26 Å². The maximum Gasteiger partial charge on any atom is 0.161 e. The summed E-state index contributed by atoms with van der Waals surface area (Å²) in [5.41, 5.74) is 4.43. The topological polar surface area (TPSA) is 53.2 Å². The van der Waals surface area contributed by atoms with Crippen molar-refractivity contribution >= 4 is 23.1 Å². The molecule has 0 amide bonds. The highest BCUT2D eigenvalue weighted by Gasteiger charge is 2.41. The molecular formula is C23H19ClN2O. The molecule has 2 aliphatic rings. The van der Waals surface area contributed by atoms with Gasteiger partial charge in [0, 0.05) is 34.3 Å². The highest BCUT2D eigenvalue weighted by molar-refractivity contribution is 6.30. The number of carbonyl (C=O) groups excluding carboxylic acids is 1. The number of nitrogens with zero attached hydrogens (tertiary/aromatic N) is 2. The average molecular weight is 375 g/mol. The summed E-state index contributed by atoms with van der Waals surface area (Å²) in [6.45, 7) is 1.89. The zero-order valence-electron chi connectivity index (χ0n) is 15.0. The first-order valence-corrected chi connectivity index (χ1v) is 9.47. The number of ketones is 1. The number of nitriles is 1. The van der Waals surface area contributed by atoms with E-state index in [1.54, 1.807) is 0 Å². The summed E-state index contributed by atoms with van der Waals surface area (Å²) in [6, 6.07) is 19.9. The van der Waals surface area contributed by atoms with Crippen LogP contribution in [0, 0.1) is 17.2 Å². The van der Waals surface area contributed by atoms with Crippen molar-refractivity contribution < 1.29 is 4.79 Å². The zero-order valence-corrected chi connectivity index (χ0v) is 15.8. The van der Waals surface area contributed by atoms with Crippen LogP contribution in [0.4, 0.5) is 0 Å². The minimum atomic E-state index is -0.429. The maximum absolute atomic E-state index is 13.2. The number of hydrogen-bond acceptors (Lipinski definition) is 3. The van der Waals surface area contributed by atoms with Gasteiger partial charge >= 0.3 is 0 Å². The fraction of sp³-hybridized carbons (Fsp3) is 0.261. The van der Waals surface area contributed by atoms with Crippen molar-refractivity contribution in [3.63, 3.8) is 0 Å². The summed E-state index contributed by atoms with van der Waals surface area (Å²) in [5, 5.41) is 10.4. The lowest BCUT2D eigenvalue weighted by atomic mass is 9.70. The molecule has 0 bridgehead atoms. The van der Waals surface area contributed by atoms with Crippen LogP contribution in [0.3, 0.4) is 0 Å². The smallest absolute Gasteiger partial charge is 0.161 e. The summed E-state index contributed by atoms with van der Waals surface area (Å²) in [6.07, 6.45) is 1.18. The lowest BCUT2D eigenvalue weighted by Crippen LogP contribution is -2.32. The van der Waals surface area contributed by atoms with E-state index >= 15 is 0 Å². The van der Waals surface area contributed by atoms with E-state index in [9.17, 15) is 10.1 Å². The summed E-state index contributed by atoms with van der Waals surface area (Å²) in [4.78, 5) is 17.9. The number of halogens is 1. The Morgan fingerprint density at radius 2 is 1.74 bits per heavy atom. The molecule has 2 aromatic rings. The van der Waals surface area contributed by atoms with Gasteiger partial charge < -0.3 is 0 Å². The van der Waals surface area contributed by atoms with Crippen LogP contribution in [0.25, 0.3) is 0 Å². The van der Waals surface area contributed by atoms with Gasteiger partial charge in [-0.2, -0.15) is 5.26 Å². The molecule has 3 nitrogen and oxygen atoms in total.